The molecule has 0 atom stereocenters. The van der Waals surface area contributed by atoms with E-state index in [4.69, 9.17) is 14.2 Å². The molecule has 1 rings (SSSR count). The van der Waals surface area contributed by atoms with Gasteiger partial charge < -0.3 is 19.5 Å². The summed E-state index contributed by atoms with van der Waals surface area (Å²) in [5.41, 5.74) is 1.08. The highest BCUT2D eigenvalue weighted by Crippen LogP contribution is 2.34. The number of methoxy groups -OCH3 is 3. The van der Waals surface area contributed by atoms with E-state index < -0.39 is 0 Å². The molecule has 19 heavy (non-hydrogen) atoms. The number of hydrogen-bond acceptors (Lipinski definition) is 4. The number of benzene rings is 1. The molecule has 0 aromatic heterocycles. The number of rotatable bonds is 8. The maximum absolute atomic E-state index is 5.37. The lowest BCUT2D eigenvalue weighted by Crippen LogP contribution is -2.15. The number of halogens is 1. The monoisotopic (exact) mass is 289 g/mol. The van der Waals surface area contributed by atoms with Crippen LogP contribution >= 0.6 is 12.4 Å². The van der Waals surface area contributed by atoms with Crippen LogP contribution in [0.5, 0.6) is 17.2 Å². The Bertz CT molecular complexity index is 372. The first-order valence-corrected chi connectivity index (χ1v) is 6.26. The van der Waals surface area contributed by atoms with Crippen LogP contribution in [0.3, 0.4) is 0 Å². The second-order valence-corrected chi connectivity index (χ2v) is 4.05. The molecule has 0 amide bonds. The Morgan fingerprint density at radius 1 is 0.947 bits per heavy atom. The number of hydrogen-bond donors (Lipinski definition) is 1. The molecule has 0 bridgehead atoms. The van der Waals surface area contributed by atoms with Crippen molar-refractivity contribution in [3.63, 3.8) is 0 Å². The van der Waals surface area contributed by atoms with Crippen LogP contribution in [0.4, 0.5) is 0 Å². The minimum Gasteiger partial charge on any atom is -0.496 e. The summed E-state index contributed by atoms with van der Waals surface area (Å²) >= 11 is 0. The van der Waals surface area contributed by atoms with Crippen LogP contribution in [0.25, 0.3) is 0 Å². The molecular weight excluding hydrogens is 266 g/mol. The van der Waals surface area contributed by atoms with Gasteiger partial charge in [0.2, 0.25) is 0 Å². The van der Waals surface area contributed by atoms with Gasteiger partial charge in [-0.3, -0.25) is 0 Å². The first-order chi connectivity index (χ1) is 8.76. The molecule has 0 spiro atoms. The summed E-state index contributed by atoms with van der Waals surface area (Å²) in [6, 6.07) is 3.81. The molecule has 0 heterocycles. The van der Waals surface area contributed by atoms with Crippen molar-refractivity contribution in [1.29, 1.82) is 0 Å². The van der Waals surface area contributed by atoms with E-state index in [1.807, 2.05) is 12.1 Å². The zero-order valence-corrected chi connectivity index (χ0v) is 12.9. The van der Waals surface area contributed by atoms with Gasteiger partial charge in [0.1, 0.15) is 5.75 Å². The Kier molecular flexibility index (Phi) is 9.17. The van der Waals surface area contributed by atoms with Gasteiger partial charge in [-0.05, 0) is 19.0 Å². The molecule has 1 N–H and O–H groups in total. The van der Waals surface area contributed by atoms with Gasteiger partial charge in [-0.2, -0.15) is 0 Å². The van der Waals surface area contributed by atoms with Gasteiger partial charge in [0, 0.05) is 18.2 Å². The summed E-state index contributed by atoms with van der Waals surface area (Å²) in [5, 5.41) is 3.39. The predicted molar refractivity (Wildman–Crippen MR) is 80.0 cm³/mol. The quantitative estimate of drug-likeness (QED) is 0.747. The van der Waals surface area contributed by atoms with E-state index in [1.165, 1.54) is 12.8 Å². The Morgan fingerprint density at radius 2 is 1.53 bits per heavy atom. The third-order valence-electron chi connectivity index (χ3n) is 2.81. The minimum absolute atomic E-state index is 0. The van der Waals surface area contributed by atoms with E-state index in [2.05, 4.69) is 12.2 Å². The fourth-order valence-electron chi connectivity index (χ4n) is 1.76. The summed E-state index contributed by atoms with van der Waals surface area (Å²) in [6.07, 6.45) is 2.37. The molecule has 0 fully saturated rings. The van der Waals surface area contributed by atoms with Gasteiger partial charge in [0.25, 0.3) is 0 Å². The largest absolute Gasteiger partial charge is 0.496 e. The van der Waals surface area contributed by atoms with Crippen molar-refractivity contribution < 1.29 is 14.2 Å². The standard InChI is InChI=1S/C14H23NO3.ClH/c1-5-6-7-15-10-11-8-13(17-3)14(18-4)9-12(11)16-2;/h8-9,15H,5-7,10H2,1-4H3;1H. The highest BCUT2D eigenvalue weighted by molar-refractivity contribution is 5.85. The lowest BCUT2D eigenvalue weighted by Gasteiger charge is -2.14. The van der Waals surface area contributed by atoms with Gasteiger partial charge in [-0.25, -0.2) is 0 Å². The smallest absolute Gasteiger partial charge is 0.164 e. The highest BCUT2D eigenvalue weighted by atomic mass is 35.5. The van der Waals surface area contributed by atoms with E-state index in [0.29, 0.717) is 5.75 Å². The summed E-state index contributed by atoms with van der Waals surface area (Å²) in [7, 11) is 4.92. The molecule has 0 aliphatic rings. The predicted octanol–water partition coefficient (Wildman–Crippen LogP) is 3.02. The maximum Gasteiger partial charge on any atom is 0.164 e. The molecule has 4 nitrogen and oxygen atoms in total. The van der Waals surface area contributed by atoms with Gasteiger partial charge in [0.15, 0.2) is 11.5 Å². The molecular formula is C14H24ClNO3. The summed E-state index contributed by atoms with van der Waals surface area (Å²) < 4.78 is 15.9. The average Bonchev–Trinajstić information content (AvgIpc) is 2.42. The fraction of sp³-hybridized carbons (Fsp3) is 0.571. The minimum atomic E-state index is 0. The van der Waals surface area contributed by atoms with Crippen molar-refractivity contribution in [2.45, 2.75) is 26.3 Å². The molecule has 0 aliphatic carbocycles. The van der Waals surface area contributed by atoms with Crippen molar-refractivity contribution in [3.05, 3.63) is 17.7 Å². The molecule has 0 aliphatic heterocycles. The van der Waals surface area contributed by atoms with Crippen molar-refractivity contribution in [3.8, 4) is 17.2 Å². The highest BCUT2D eigenvalue weighted by Gasteiger charge is 2.11. The van der Waals surface area contributed by atoms with Gasteiger partial charge in [0.05, 0.1) is 21.3 Å². The van der Waals surface area contributed by atoms with Crippen molar-refractivity contribution >= 4 is 12.4 Å². The Balaban J connectivity index is 0.00000324. The topological polar surface area (TPSA) is 39.7 Å². The molecule has 110 valence electrons. The number of nitrogens with one attached hydrogen (secondary N) is 1. The summed E-state index contributed by atoms with van der Waals surface area (Å²) in [5.74, 6) is 2.23. The van der Waals surface area contributed by atoms with Crippen LogP contribution < -0.4 is 19.5 Å². The second kappa shape index (κ2) is 9.75. The molecule has 0 saturated carbocycles. The van der Waals surface area contributed by atoms with E-state index in [9.17, 15) is 0 Å². The van der Waals surface area contributed by atoms with Crippen LogP contribution in [-0.2, 0) is 6.54 Å². The van der Waals surface area contributed by atoms with Gasteiger partial charge in [-0.1, -0.05) is 13.3 Å². The maximum atomic E-state index is 5.37. The second-order valence-electron chi connectivity index (χ2n) is 4.05. The Morgan fingerprint density at radius 3 is 2.05 bits per heavy atom. The first-order valence-electron chi connectivity index (χ1n) is 6.26. The molecule has 0 radical (unpaired) electrons. The van der Waals surface area contributed by atoms with Crippen LogP contribution in [-0.4, -0.2) is 27.9 Å². The summed E-state index contributed by atoms with van der Waals surface area (Å²) in [6.45, 7) is 3.95. The van der Waals surface area contributed by atoms with E-state index in [0.717, 1.165) is 30.2 Å². The number of unbranched alkanes of at least 4 members (excludes halogenated alkanes) is 1. The number of ether oxygens (including phenoxy) is 3. The SMILES string of the molecule is CCCCNCc1cc(OC)c(OC)cc1OC.Cl. The van der Waals surface area contributed by atoms with Crippen LogP contribution in [0, 0.1) is 0 Å². The molecule has 5 heteroatoms. The molecule has 0 unspecified atom stereocenters. The average molecular weight is 290 g/mol. The van der Waals surface area contributed by atoms with Crippen molar-refractivity contribution in [2.75, 3.05) is 27.9 Å². The van der Waals surface area contributed by atoms with Crippen LogP contribution in [0.2, 0.25) is 0 Å². The lowest BCUT2D eigenvalue weighted by molar-refractivity contribution is 0.347. The zero-order chi connectivity index (χ0) is 13.4. The first kappa shape index (κ1) is 17.9. The van der Waals surface area contributed by atoms with Gasteiger partial charge >= 0.3 is 0 Å². The zero-order valence-electron chi connectivity index (χ0n) is 12.1. The lowest BCUT2D eigenvalue weighted by atomic mass is 10.1. The van der Waals surface area contributed by atoms with E-state index in [-0.39, 0.29) is 12.4 Å². The van der Waals surface area contributed by atoms with Crippen LogP contribution in [0.15, 0.2) is 12.1 Å². The molecule has 1 aromatic rings. The van der Waals surface area contributed by atoms with Crippen molar-refractivity contribution in [1.82, 2.24) is 5.32 Å². The Labute approximate surface area is 121 Å². The van der Waals surface area contributed by atoms with Crippen molar-refractivity contribution in [2.24, 2.45) is 0 Å². The van der Waals surface area contributed by atoms with Crippen LogP contribution in [0.1, 0.15) is 25.3 Å². The van der Waals surface area contributed by atoms with Gasteiger partial charge in [-0.15, -0.1) is 12.4 Å². The summed E-state index contributed by atoms with van der Waals surface area (Å²) in [4.78, 5) is 0. The normalized spacial score (nSPS) is 9.68. The van der Waals surface area contributed by atoms with E-state index in [1.54, 1.807) is 21.3 Å². The fourth-order valence-corrected chi connectivity index (χ4v) is 1.76. The molecule has 1 aromatic carbocycles. The Hall–Kier alpha value is -1.13. The van der Waals surface area contributed by atoms with E-state index >= 15 is 0 Å². The third-order valence-corrected chi connectivity index (χ3v) is 2.81. The molecule has 0 saturated heterocycles. The third kappa shape index (κ3) is 5.17.